The summed E-state index contributed by atoms with van der Waals surface area (Å²) in [6.45, 7) is 3.36. The van der Waals surface area contributed by atoms with E-state index in [2.05, 4.69) is 0 Å². The molecule has 0 saturated heterocycles. The molecule has 8 heteroatoms. The Morgan fingerprint density at radius 3 is 2.45 bits per heavy atom. The first-order chi connectivity index (χ1) is 10.3. The summed E-state index contributed by atoms with van der Waals surface area (Å²) in [5.41, 5.74) is 5.06. The standard InChI is InChI=1S/C14H17ClN2O4S/c1-7(2)11(12(18)17-14(16)20)21-13(19)9-6-8(22-3)4-5-10(9)15/h4-7,11H,1-3H3,(H3,16,17,18,20)/t11-/m0/s1. The van der Waals surface area contributed by atoms with Crippen molar-refractivity contribution in [3.63, 3.8) is 0 Å². The van der Waals surface area contributed by atoms with Gasteiger partial charge in [0.25, 0.3) is 5.91 Å². The van der Waals surface area contributed by atoms with Gasteiger partial charge in [-0.2, -0.15) is 0 Å². The van der Waals surface area contributed by atoms with E-state index >= 15 is 0 Å². The number of benzene rings is 1. The van der Waals surface area contributed by atoms with Crippen LogP contribution < -0.4 is 11.1 Å². The molecule has 3 amide bonds. The highest BCUT2D eigenvalue weighted by Gasteiger charge is 2.28. The quantitative estimate of drug-likeness (QED) is 0.631. The molecule has 3 N–H and O–H groups in total. The van der Waals surface area contributed by atoms with Gasteiger partial charge in [-0.1, -0.05) is 25.4 Å². The first-order valence-electron chi connectivity index (χ1n) is 6.41. The summed E-state index contributed by atoms with van der Waals surface area (Å²) < 4.78 is 5.19. The lowest BCUT2D eigenvalue weighted by Crippen LogP contribution is -2.45. The molecule has 120 valence electrons. The van der Waals surface area contributed by atoms with E-state index in [-0.39, 0.29) is 16.5 Å². The van der Waals surface area contributed by atoms with Crippen LogP contribution in [0.5, 0.6) is 0 Å². The van der Waals surface area contributed by atoms with Crippen LogP contribution in [0, 0.1) is 5.92 Å². The van der Waals surface area contributed by atoms with Crippen LogP contribution in [0.3, 0.4) is 0 Å². The minimum absolute atomic E-state index is 0.158. The molecule has 0 bridgehead atoms. The number of primary amides is 1. The van der Waals surface area contributed by atoms with Gasteiger partial charge in [0.2, 0.25) is 0 Å². The number of rotatable bonds is 5. The summed E-state index contributed by atoms with van der Waals surface area (Å²) in [4.78, 5) is 35.7. The predicted octanol–water partition coefficient (Wildman–Crippen LogP) is 2.44. The molecule has 1 atom stereocenters. The number of ether oxygens (including phenoxy) is 1. The summed E-state index contributed by atoms with van der Waals surface area (Å²) in [7, 11) is 0. The zero-order chi connectivity index (χ0) is 16.9. The Morgan fingerprint density at radius 2 is 1.95 bits per heavy atom. The maximum Gasteiger partial charge on any atom is 0.340 e. The van der Waals surface area contributed by atoms with Gasteiger partial charge in [0, 0.05) is 4.90 Å². The third-order valence-electron chi connectivity index (χ3n) is 2.74. The van der Waals surface area contributed by atoms with Gasteiger partial charge >= 0.3 is 12.0 Å². The van der Waals surface area contributed by atoms with Crippen molar-refractivity contribution in [2.45, 2.75) is 24.8 Å². The zero-order valence-electron chi connectivity index (χ0n) is 12.4. The molecule has 0 aliphatic rings. The summed E-state index contributed by atoms with van der Waals surface area (Å²) >= 11 is 7.43. The highest BCUT2D eigenvalue weighted by molar-refractivity contribution is 7.98. The average Bonchev–Trinajstić information content (AvgIpc) is 2.43. The molecule has 1 aromatic carbocycles. The van der Waals surface area contributed by atoms with Crippen LogP contribution >= 0.6 is 23.4 Å². The van der Waals surface area contributed by atoms with E-state index in [0.29, 0.717) is 0 Å². The number of amides is 3. The van der Waals surface area contributed by atoms with Crippen molar-refractivity contribution < 1.29 is 19.1 Å². The minimum Gasteiger partial charge on any atom is -0.448 e. The topological polar surface area (TPSA) is 98.5 Å². The number of halogens is 1. The fourth-order valence-electron chi connectivity index (χ4n) is 1.65. The lowest BCUT2D eigenvalue weighted by atomic mass is 10.1. The number of carbonyl (C=O) groups excluding carboxylic acids is 3. The van der Waals surface area contributed by atoms with E-state index in [0.717, 1.165) is 4.90 Å². The van der Waals surface area contributed by atoms with Crippen LogP contribution in [0.15, 0.2) is 23.1 Å². The Morgan fingerprint density at radius 1 is 1.32 bits per heavy atom. The van der Waals surface area contributed by atoms with E-state index < -0.39 is 24.0 Å². The SMILES string of the molecule is CSc1ccc(Cl)c(C(=O)O[C@H](C(=O)NC(N)=O)C(C)C)c1. The number of hydrogen-bond acceptors (Lipinski definition) is 5. The molecule has 0 spiro atoms. The molecule has 1 rings (SSSR count). The monoisotopic (exact) mass is 344 g/mol. The second kappa shape index (κ2) is 8.05. The van der Waals surface area contributed by atoms with E-state index in [1.807, 2.05) is 11.6 Å². The summed E-state index contributed by atoms with van der Waals surface area (Å²) in [5.74, 6) is -1.85. The third-order valence-corrected chi connectivity index (χ3v) is 3.79. The first kappa shape index (κ1) is 18.3. The largest absolute Gasteiger partial charge is 0.448 e. The number of esters is 1. The van der Waals surface area contributed by atoms with E-state index in [4.69, 9.17) is 22.1 Å². The van der Waals surface area contributed by atoms with Crippen molar-refractivity contribution in [3.05, 3.63) is 28.8 Å². The number of urea groups is 1. The highest BCUT2D eigenvalue weighted by atomic mass is 35.5. The second-order valence-corrected chi connectivity index (χ2v) is 6.06. The van der Waals surface area contributed by atoms with Crippen molar-refractivity contribution >= 4 is 41.3 Å². The fraction of sp³-hybridized carbons (Fsp3) is 0.357. The molecular formula is C14H17ClN2O4S. The normalized spacial score (nSPS) is 11.9. The summed E-state index contributed by atoms with van der Waals surface area (Å²) in [5, 5.41) is 2.13. The molecule has 0 aromatic heterocycles. The Hall–Kier alpha value is -1.73. The highest BCUT2D eigenvalue weighted by Crippen LogP contribution is 2.24. The lowest BCUT2D eigenvalue weighted by Gasteiger charge is -2.20. The van der Waals surface area contributed by atoms with Crippen molar-refractivity contribution in [1.82, 2.24) is 5.32 Å². The smallest absolute Gasteiger partial charge is 0.340 e. The van der Waals surface area contributed by atoms with Crippen molar-refractivity contribution in [2.24, 2.45) is 11.7 Å². The van der Waals surface area contributed by atoms with Crippen LogP contribution in [0.25, 0.3) is 0 Å². The summed E-state index contributed by atoms with van der Waals surface area (Å²) in [6, 6.07) is 3.93. The predicted molar refractivity (Wildman–Crippen MR) is 85.0 cm³/mol. The maximum atomic E-state index is 12.2. The van der Waals surface area contributed by atoms with Gasteiger partial charge in [-0.25, -0.2) is 9.59 Å². The number of hydrogen-bond donors (Lipinski definition) is 2. The number of thioether (sulfide) groups is 1. The molecule has 0 heterocycles. The third kappa shape index (κ3) is 4.92. The van der Waals surface area contributed by atoms with Gasteiger partial charge in [0.15, 0.2) is 6.10 Å². The molecule has 6 nitrogen and oxygen atoms in total. The van der Waals surface area contributed by atoms with Gasteiger partial charge in [0.1, 0.15) is 0 Å². The molecule has 0 saturated carbocycles. The Labute approximate surface area is 137 Å². The summed E-state index contributed by atoms with van der Waals surface area (Å²) in [6.07, 6.45) is 0.712. The number of imide groups is 1. The molecule has 0 aliphatic carbocycles. The average molecular weight is 345 g/mol. The zero-order valence-corrected chi connectivity index (χ0v) is 14.0. The number of nitrogens with two attached hydrogens (primary N) is 1. The van der Waals surface area contributed by atoms with Crippen LogP contribution in [0.1, 0.15) is 24.2 Å². The van der Waals surface area contributed by atoms with Crippen LogP contribution in [0.4, 0.5) is 4.79 Å². The minimum atomic E-state index is -1.14. The molecule has 0 unspecified atom stereocenters. The van der Waals surface area contributed by atoms with E-state index in [1.54, 1.807) is 32.0 Å². The Bertz CT molecular complexity index is 592. The van der Waals surface area contributed by atoms with E-state index in [9.17, 15) is 14.4 Å². The molecule has 22 heavy (non-hydrogen) atoms. The van der Waals surface area contributed by atoms with Gasteiger partial charge in [-0.15, -0.1) is 11.8 Å². The van der Waals surface area contributed by atoms with Crippen LogP contribution in [-0.4, -0.2) is 30.3 Å². The fourth-order valence-corrected chi connectivity index (χ4v) is 2.29. The molecule has 0 aliphatic heterocycles. The van der Waals surface area contributed by atoms with Crippen molar-refractivity contribution in [1.29, 1.82) is 0 Å². The van der Waals surface area contributed by atoms with E-state index in [1.165, 1.54) is 11.8 Å². The Kier molecular flexibility index (Phi) is 6.70. The second-order valence-electron chi connectivity index (χ2n) is 4.77. The maximum absolute atomic E-state index is 12.2. The van der Waals surface area contributed by atoms with Crippen LogP contribution in [-0.2, 0) is 9.53 Å². The molecule has 0 fully saturated rings. The van der Waals surface area contributed by atoms with Crippen molar-refractivity contribution in [2.75, 3.05) is 6.26 Å². The first-order valence-corrected chi connectivity index (χ1v) is 8.01. The van der Waals surface area contributed by atoms with Gasteiger partial charge in [-0.3, -0.25) is 10.1 Å². The van der Waals surface area contributed by atoms with Crippen LogP contribution in [0.2, 0.25) is 5.02 Å². The lowest BCUT2D eigenvalue weighted by molar-refractivity contribution is -0.130. The van der Waals surface area contributed by atoms with Gasteiger partial charge in [0.05, 0.1) is 10.6 Å². The molecular weight excluding hydrogens is 328 g/mol. The molecule has 1 aromatic rings. The van der Waals surface area contributed by atoms with Crippen molar-refractivity contribution in [3.8, 4) is 0 Å². The van der Waals surface area contributed by atoms with Gasteiger partial charge in [-0.05, 0) is 30.4 Å². The Balaban J connectivity index is 2.96. The number of nitrogens with one attached hydrogen (secondary N) is 1. The molecule has 0 radical (unpaired) electrons. The number of carbonyl (C=O) groups is 3. The van der Waals surface area contributed by atoms with Gasteiger partial charge < -0.3 is 10.5 Å².